The molecule has 0 radical (unpaired) electrons. The third kappa shape index (κ3) is 4.92. The van der Waals surface area contributed by atoms with Gasteiger partial charge < -0.3 is 5.32 Å². The molecule has 3 rings (SSSR count). The lowest BCUT2D eigenvalue weighted by atomic mass is 10.1. The molecular weight excluding hydrogens is 450 g/mol. The molecule has 0 unspecified atom stereocenters. The van der Waals surface area contributed by atoms with Gasteiger partial charge in [0, 0.05) is 5.02 Å². The maximum Gasteiger partial charge on any atom is 0.262 e. The Morgan fingerprint density at radius 2 is 1.73 bits per heavy atom. The molecular formula is C21H17Cl2FN2O3S. The normalized spacial score (nSPS) is 11.2. The molecule has 0 spiro atoms. The molecule has 0 aliphatic rings. The maximum atomic E-state index is 14.5. The zero-order valence-electron chi connectivity index (χ0n) is 15.7. The Balaban J connectivity index is 1.83. The average Bonchev–Trinajstić information content (AvgIpc) is 2.69. The van der Waals surface area contributed by atoms with E-state index in [1.54, 1.807) is 24.3 Å². The summed E-state index contributed by atoms with van der Waals surface area (Å²) in [5, 5.41) is 2.84. The van der Waals surface area contributed by atoms with Crippen LogP contribution in [0.5, 0.6) is 0 Å². The number of nitrogens with one attached hydrogen (secondary N) is 2. The minimum absolute atomic E-state index is 0.106. The van der Waals surface area contributed by atoms with Gasteiger partial charge >= 0.3 is 0 Å². The van der Waals surface area contributed by atoms with Gasteiger partial charge in [0.15, 0.2) is 0 Å². The third-order valence-electron chi connectivity index (χ3n) is 4.32. The summed E-state index contributed by atoms with van der Waals surface area (Å²) in [6.45, 7) is 1.90. The van der Waals surface area contributed by atoms with Crippen LogP contribution in [0, 0.1) is 5.82 Å². The number of anilines is 2. The highest BCUT2D eigenvalue weighted by atomic mass is 35.5. The first-order valence-electron chi connectivity index (χ1n) is 8.88. The minimum atomic E-state index is -4.02. The third-order valence-corrected chi connectivity index (χ3v) is 6.23. The molecule has 0 aliphatic heterocycles. The fraction of sp³-hybridized carbons (Fsp3) is 0.0952. The van der Waals surface area contributed by atoms with Gasteiger partial charge in [-0.1, -0.05) is 48.3 Å². The van der Waals surface area contributed by atoms with Crippen LogP contribution in [-0.2, 0) is 16.4 Å². The largest absolute Gasteiger partial charge is 0.319 e. The van der Waals surface area contributed by atoms with Gasteiger partial charge in [-0.3, -0.25) is 9.52 Å². The van der Waals surface area contributed by atoms with Crippen molar-refractivity contribution >= 4 is 50.5 Å². The van der Waals surface area contributed by atoms with Crippen LogP contribution < -0.4 is 10.0 Å². The first-order valence-corrected chi connectivity index (χ1v) is 11.1. The maximum absolute atomic E-state index is 14.5. The van der Waals surface area contributed by atoms with Crippen molar-refractivity contribution in [1.29, 1.82) is 0 Å². The number of hydrogen-bond acceptors (Lipinski definition) is 3. The van der Waals surface area contributed by atoms with Crippen LogP contribution in [0.1, 0.15) is 22.8 Å². The van der Waals surface area contributed by atoms with Gasteiger partial charge in [0.25, 0.3) is 15.9 Å². The number of benzene rings is 3. The minimum Gasteiger partial charge on any atom is -0.319 e. The van der Waals surface area contributed by atoms with E-state index in [1.165, 1.54) is 30.3 Å². The van der Waals surface area contributed by atoms with E-state index in [0.717, 1.165) is 11.6 Å². The van der Waals surface area contributed by atoms with Crippen LogP contribution >= 0.6 is 23.2 Å². The average molecular weight is 467 g/mol. The predicted molar refractivity (Wildman–Crippen MR) is 117 cm³/mol. The van der Waals surface area contributed by atoms with E-state index < -0.39 is 21.7 Å². The van der Waals surface area contributed by atoms with E-state index in [-0.39, 0.29) is 21.2 Å². The van der Waals surface area contributed by atoms with Crippen molar-refractivity contribution in [2.45, 2.75) is 18.2 Å². The lowest BCUT2D eigenvalue weighted by Crippen LogP contribution is -2.16. The summed E-state index contributed by atoms with van der Waals surface area (Å²) in [6, 6.07) is 14.5. The van der Waals surface area contributed by atoms with Crippen molar-refractivity contribution in [2.24, 2.45) is 0 Å². The Morgan fingerprint density at radius 1 is 1.00 bits per heavy atom. The summed E-state index contributed by atoms with van der Waals surface area (Å²) in [6.07, 6.45) is 0.630. The SMILES string of the molecule is CCc1ccccc1NS(=O)(=O)c1ccc(NC(=O)c2ccc(Cl)cc2Cl)c(F)c1. The Bertz CT molecular complexity index is 1220. The van der Waals surface area contributed by atoms with Crippen molar-refractivity contribution < 1.29 is 17.6 Å². The molecule has 0 fully saturated rings. The first-order chi connectivity index (χ1) is 14.2. The number of halogens is 3. The quantitative estimate of drug-likeness (QED) is 0.485. The molecule has 0 saturated heterocycles. The summed E-state index contributed by atoms with van der Waals surface area (Å²) >= 11 is 11.8. The Kier molecular flexibility index (Phi) is 6.65. The highest BCUT2D eigenvalue weighted by molar-refractivity contribution is 7.92. The molecule has 0 heterocycles. The van der Waals surface area contributed by atoms with Gasteiger partial charge in [-0.05, 0) is 54.4 Å². The highest BCUT2D eigenvalue weighted by Gasteiger charge is 2.19. The van der Waals surface area contributed by atoms with E-state index in [1.807, 2.05) is 6.92 Å². The fourth-order valence-corrected chi connectivity index (χ4v) is 4.37. The standard InChI is InChI=1S/C21H17Cl2FN2O3S/c1-2-13-5-3-4-6-19(13)26-30(28,29)15-8-10-20(18(24)12-15)25-21(27)16-9-7-14(22)11-17(16)23/h3-12,26H,2H2,1H3,(H,25,27). The van der Waals surface area contributed by atoms with Crippen molar-refractivity contribution in [1.82, 2.24) is 0 Å². The molecule has 9 heteroatoms. The topological polar surface area (TPSA) is 75.3 Å². The molecule has 0 atom stereocenters. The molecule has 1 amide bonds. The Labute approximate surface area is 183 Å². The highest BCUT2D eigenvalue weighted by Crippen LogP contribution is 2.25. The first kappa shape index (κ1) is 22.1. The van der Waals surface area contributed by atoms with Gasteiger partial charge in [0.1, 0.15) is 5.82 Å². The van der Waals surface area contributed by atoms with Crippen LogP contribution in [0.15, 0.2) is 65.6 Å². The van der Waals surface area contributed by atoms with E-state index in [0.29, 0.717) is 17.1 Å². The second kappa shape index (κ2) is 9.04. The zero-order chi connectivity index (χ0) is 21.9. The number of sulfonamides is 1. The second-order valence-corrected chi connectivity index (χ2v) is 8.86. The van der Waals surface area contributed by atoms with Crippen LogP contribution in [0.4, 0.5) is 15.8 Å². The van der Waals surface area contributed by atoms with Gasteiger partial charge in [-0.2, -0.15) is 0 Å². The molecule has 0 aliphatic carbocycles. The van der Waals surface area contributed by atoms with Gasteiger partial charge in [0.2, 0.25) is 0 Å². The smallest absolute Gasteiger partial charge is 0.262 e. The van der Waals surface area contributed by atoms with E-state index in [4.69, 9.17) is 23.2 Å². The van der Waals surface area contributed by atoms with Gasteiger partial charge in [-0.15, -0.1) is 0 Å². The lowest BCUT2D eigenvalue weighted by Gasteiger charge is -2.13. The van der Waals surface area contributed by atoms with E-state index in [2.05, 4.69) is 10.0 Å². The molecule has 2 N–H and O–H groups in total. The second-order valence-electron chi connectivity index (χ2n) is 6.34. The molecule has 30 heavy (non-hydrogen) atoms. The van der Waals surface area contributed by atoms with Crippen LogP contribution in [0.3, 0.4) is 0 Å². The fourth-order valence-electron chi connectivity index (χ4n) is 2.76. The lowest BCUT2D eigenvalue weighted by molar-refractivity contribution is 0.102. The molecule has 3 aromatic carbocycles. The summed E-state index contributed by atoms with van der Waals surface area (Å²) in [5.74, 6) is -1.55. The molecule has 0 aromatic heterocycles. The monoisotopic (exact) mass is 466 g/mol. The zero-order valence-corrected chi connectivity index (χ0v) is 18.1. The van der Waals surface area contributed by atoms with E-state index in [9.17, 15) is 17.6 Å². The van der Waals surface area contributed by atoms with Crippen molar-refractivity contribution in [3.8, 4) is 0 Å². The summed E-state index contributed by atoms with van der Waals surface area (Å²) in [7, 11) is -4.02. The van der Waals surface area contributed by atoms with Crippen LogP contribution in [0.25, 0.3) is 0 Å². The van der Waals surface area contributed by atoms with E-state index >= 15 is 0 Å². The van der Waals surface area contributed by atoms with Crippen LogP contribution in [0.2, 0.25) is 10.0 Å². The van der Waals surface area contributed by atoms with Crippen molar-refractivity contribution in [3.05, 3.63) is 87.7 Å². The number of carbonyl (C=O) groups excluding carboxylic acids is 1. The number of aryl methyl sites for hydroxylation is 1. The number of para-hydroxylation sites is 1. The molecule has 0 bridgehead atoms. The summed E-state index contributed by atoms with van der Waals surface area (Å²) in [4.78, 5) is 12.1. The van der Waals surface area contributed by atoms with Crippen LogP contribution in [-0.4, -0.2) is 14.3 Å². The number of carbonyl (C=O) groups is 1. The molecule has 0 saturated carbocycles. The van der Waals surface area contributed by atoms with Gasteiger partial charge in [-0.25, -0.2) is 12.8 Å². The Hall–Kier alpha value is -2.61. The summed E-state index contributed by atoms with van der Waals surface area (Å²) in [5.41, 5.74) is 1.16. The number of hydrogen-bond donors (Lipinski definition) is 2. The number of rotatable bonds is 6. The number of amides is 1. The molecule has 5 nitrogen and oxygen atoms in total. The summed E-state index contributed by atoms with van der Waals surface area (Å²) < 4.78 is 42.3. The van der Waals surface area contributed by atoms with Crippen molar-refractivity contribution in [2.75, 3.05) is 10.0 Å². The molecule has 3 aromatic rings. The molecule has 156 valence electrons. The van der Waals surface area contributed by atoms with Crippen molar-refractivity contribution in [3.63, 3.8) is 0 Å². The van der Waals surface area contributed by atoms with Gasteiger partial charge in [0.05, 0.1) is 26.9 Å². The Morgan fingerprint density at radius 3 is 2.40 bits per heavy atom. The predicted octanol–water partition coefficient (Wildman–Crippen LogP) is 5.75.